The number of nitrogens with one attached hydrogen (secondary N) is 6. The van der Waals surface area contributed by atoms with Crippen LogP contribution in [0, 0.1) is 0 Å². The minimum atomic E-state index is -2.22. The summed E-state index contributed by atoms with van der Waals surface area (Å²) in [5.74, 6) is -1.20. The quantitative estimate of drug-likeness (QED) is 0.0497. The summed E-state index contributed by atoms with van der Waals surface area (Å²) in [6.45, 7) is 23.4. The van der Waals surface area contributed by atoms with Crippen LogP contribution in [0.1, 0.15) is 140 Å². The lowest BCUT2D eigenvalue weighted by atomic mass is 9.80. The minimum Gasteiger partial charge on any atom is -0.444 e. The molecule has 1 saturated carbocycles. The van der Waals surface area contributed by atoms with E-state index in [9.17, 15) is 54.3 Å². The molecule has 0 bridgehead atoms. The number of alkyl carbamates (subject to hydrolysis) is 5. The van der Waals surface area contributed by atoms with Gasteiger partial charge in [0.05, 0.1) is 43.0 Å². The maximum Gasteiger partial charge on any atom is 0.408 e. The highest BCUT2D eigenvalue weighted by Gasteiger charge is 2.57. The molecule has 11 N–H and O–H groups in total. The standard InChI is InChI=1S/C66H98N6O21/c1-61(2,3)89-56(79)67-34-33-42(73)53(78)70-45-48(75)46(72-60(83)93-65(13,14)15)52(87-54-41(69-58(81)91-63(7,8)9)32-31-40(85-54)35-68-57(80)90-62(4,5)6)50(77)51(45)88-55-49(76)44(71-59(82)92-64(10,11)12)47(74)43(86-55)36-84-66(37-25-19-16-20-26-37,38-27-21-17-22-28-38)39-29-23-18-24-30-39/h16-30,40-52,54-55,73-77H,31-36H2,1-15H3,(H,67,79)(H,68,80)(H,69,81)(H,70,78)(H,71,82)(H,72,83)/t40?,41?,42-,43?,44?,45?,46+,47-,48-,49-,50?,51-,52?,54+,55+/m0/s1. The van der Waals surface area contributed by atoms with E-state index < -0.39 is 175 Å². The Kier molecular flexibility index (Phi) is 25.5. The van der Waals surface area contributed by atoms with Gasteiger partial charge in [-0.05, 0) is 140 Å². The summed E-state index contributed by atoms with van der Waals surface area (Å²) in [4.78, 5) is 81.2. The van der Waals surface area contributed by atoms with Crippen molar-refractivity contribution in [3.8, 4) is 0 Å². The first-order chi connectivity index (χ1) is 43.2. The zero-order valence-corrected chi connectivity index (χ0v) is 55.8. The number of aliphatic hydroxyl groups is 5. The van der Waals surface area contributed by atoms with Gasteiger partial charge in [0.2, 0.25) is 5.91 Å². The van der Waals surface area contributed by atoms with Crippen molar-refractivity contribution in [3.05, 3.63) is 108 Å². The van der Waals surface area contributed by atoms with Crippen LogP contribution in [-0.2, 0) is 57.8 Å². The van der Waals surface area contributed by atoms with Crippen molar-refractivity contribution in [2.75, 3.05) is 19.7 Å². The van der Waals surface area contributed by atoms with Crippen LogP contribution in [0.15, 0.2) is 91.0 Å². The molecule has 0 aromatic heterocycles. The Labute approximate surface area is 543 Å². The normalized spacial score (nSPS) is 26.6. The van der Waals surface area contributed by atoms with E-state index in [1.54, 1.807) is 104 Å². The predicted molar refractivity (Wildman–Crippen MR) is 336 cm³/mol. The summed E-state index contributed by atoms with van der Waals surface area (Å²) in [6, 6.07) is 21.0. The van der Waals surface area contributed by atoms with Gasteiger partial charge in [-0.3, -0.25) is 4.79 Å². The molecule has 3 aromatic carbocycles. The van der Waals surface area contributed by atoms with Crippen molar-refractivity contribution in [2.24, 2.45) is 0 Å². The van der Waals surface area contributed by atoms with Crippen molar-refractivity contribution in [1.82, 2.24) is 31.9 Å². The summed E-state index contributed by atoms with van der Waals surface area (Å²) in [7, 11) is 0. The number of carbonyl (C=O) groups excluding carboxylic acids is 6. The van der Waals surface area contributed by atoms with Gasteiger partial charge in [-0.25, -0.2) is 24.0 Å². The fraction of sp³-hybridized carbons (Fsp3) is 0.636. The Morgan fingerprint density at radius 1 is 0.473 bits per heavy atom. The van der Waals surface area contributed by atoms with E-state index in [2.05, 4.69) is 31.9 Å². The lowest BCUT2D eigenvalue weighted by Gasteiger charge is -2.51. The number of benzene rings is 3. The number of amides is 6. The van der Waals surface area contributed by atoms with Crippen molar-refractivity contribution in [3.63, 3.8) is 0 Å². The smallest absolute Gasteiger partial charge is 0.408 e. The average molecular weight is 1310 g/mol. The van der Waals surface area contributed by atoms with Gasteiger partial charge in [0, 0.05) is 13.1 Å². The lowest BCUT2D eigenvalue weighted by Crippen LogP contribution is -2.75. The van der Waals surface area contributed by atoms with Gasteiger partial charge >= 0.3 is 30.5 Å². The largest absolute Gasteiger partial charge is 0.444 e. The molecular formula is C66H98N6O21. The zero-order chi connectivity index (χ0) is 69.0. The Bertz CT molecular complexity index is 2820. The van der Waals surface area contributed by atoms with Crippen LogP contribution in [0.5, 0.6) is 0 Å². The highest BCUT2D eigenvalue weighted by atomic mass is 16.7. The number of hydrogen-bond donors (Lipinski definition) is 11. The van der Waals surface area contributed by atoms with Gasteiger partial charge < -0.3 is 105 Å². The van der Waals surface area contributed by atoms with E-state index in [0.29, 0.717) is 16.7 Å². The van der Waals surface area contributed by atoms with Crippen LogP contribution >= 0.6 is 0 Å². The SMILES string of the molecule is CC(C)(C)OC(=O)NCC[C@H](O)C(=O)NC1[C@H](O[C@H]2OC(COC(c3ccccc3)(c3ccccc3)c3ccccc3)[C@H](O)C(NC(=O)OC(C)(C)C)[C@@H]2O)C(O)C(O[C@H]2OC(CNC(=O)OC(C)(C)C)CCC2NC(=O)OC(C)(C)C)[C@H](NC(=O)OC(C)(C)C)[C@H]1O. The summed E-state index contributed by atoms with van der Waals surface area (Å²) in [5.41, 5.74) is -4.47. The Hall–Kier alpha value is -6.92. The summed E-state index contributed by atoms with van der Waals surface area (Å²) in [5, 5.41) is 77.9. The molecule has 1 aliphatic carbocycles. The molecular weight excluding hydrogens is 1210 g/mol. The van der Waals surface area contributed by atoms with Gasteiger partial charge in [0.25, 0.3) is 0 Å². The third kappa shape index (κ3) is 22.4. The van der Waals surface area contributed by atoms with Crippen molar-refractivity contribution in [1.29, 1.82) is 0 Å². The van der Waals surface area contributed by atoms with Gasteiger partial charge in [0.15, 0.2) is 12.6 Å². The molecule has 0 spiro atoms. The second-order valence-corrected chi connectivity index (χ2v) is 28.2. The molecule has 15 atom stereocenters. The maximum atomic E-state index is 14.4. The molecule has 518 valence electrons. The highest BCUT2D eigenvalue weighted by molar-refractivity contribution is 5.81. The lowest BCUT2D eigenvalue weighted by molar-refractivity contribution is -0.324. The van der Waals surface area contributed by atoms with Crippen LogP contribution in [0.3, 0.4) is 0 Å². The van der Waals surface area contributed by atoms with Crippen LogP contribution in [-0.4, -0.2) is 201 Å². The molecule has 6 rings (SSSR count). The number of ether oxygens (including phenoxy) is 10. The fourth-order valence-electron chi connectivity index (χ4n) is 10.7. The second-order valence-electron chi connectivity index (χ2n) is 28.2. The molecule has 27 heteroatoms. The minimum absolute atomic E-state index is 0.0828. The highest BCUT2D eigenvalue weighted by Crippen LogP contribution is 2.42. The van der Waals surface area contributed by atoms with E-state index >= 15 is 0 Å². The third-order valence-electron chi connectivity index (χ3n) is 14.5. The molecule has 6 amide bonds. The van der Waals surface area contributed by atoms with Crippen LogP contribution in [0.25, 0.3) is 0 Å². The Morgan fingerprint density at radius 2 is 0.882 bits per heavy atom. The first-order valence-corrected chi connectivity index (χ1v) is 31.3. The maximum absolute atomic E-state index is 14.4. The summed E-state index contributed by atoms with van der Waals surface area (Å²) < 4.78 is 61.0. The predicted octanol–water partition coefficient (Wildman–Crippen LogP) is 5.42. The molecule has 7 unspecified atom stereocenters. The van der Waals surface area contributed by atoms with Gasteiger partial charge in [0.1, 0.15) is 76.3 Å². The van der Waals surface area contributed by atoms with Gasteiger partial charge in [-0.1, -0.05) is 91.0 Å². The molecule has 3 aliphatic rings. The number of carbonyl (C=O) groups is 6. The van der Waals surface area contributed by atoms with E-state index in [4.69, 9.17) is 47.4 Å². The summed E-state index contributed by atoms with van der Waals surface area (Å²) >= 11 is 0. The topological polar surface area (TPSA) is 368 Å². The molecule has 3 fully saturated rings. The van der Waals surface area contributed by atoms with E-state index in [0.717, 1.165) is 0 Å². The Balaban J connectivity index is 1.47. The first kappa shape index (κ1) is 75.1. The molecule has 2 heterocycles. The number of hydrogen-bond acceptors (Lipinski definition) is 21. The van der Waals surface area contributed by atoms with Crippen LogP contribution in [0.2, 0.25) is 0 Å². The molecule has 2 aliphatic heterocycles. The molecule has 93 heavy (non-hydrogen) atoms. The number of aliphatic hydroxyl groups excluding tert-OH is 5. The van der Waals surface area contributed by atoms with E-state index in [1.165, 1.54) is 0 Å². The van der Waals surface area contributed by atoms with Crippen LogP contribution in [0.4, 0.5) is 24.0 Å². The monoisotopic (exact) mass is 1310 g/mol. The second kappa shape index (κ2) is 31.5. The van der Waals surface area contributed by atoms with Crippen molar-refractivity contribution < 1.29 is 102 Å². The van der Waals surface area contributed by atoms with Crippen molar-refractivity contribution in [2.45, 2.75) is 248 Å². The van der Waals surface area contributed by atoms with E-state index in [1.807, 2.05) is 91.0 Å². The molecule has 27 nitrogen and oxygen atoms in total. The van der Waals surface area contributed by atoms with Gasteiger partial charge in [-0.2, -0.15) is 0 Å². The third-order valence-corrected chi connectivity index (χ3v) is 14.5. The first-order valence-electron chi connectivity index (χ1n) is 31.3. The fourth-order valence-corrected chi connectivity index (χ4v) is 10.7. The average Bonchev–Trinajstić information content (AvgIpc) is 0.764. The molecule has 3 aromatic rings. The number of rotatable bonds is 20. The zero-order valence-electron chi connectivity index (χ0n) is 55.8. The molecule has 0 radical (unpaired) electrons. The van der Waals surface area contributed by atoms with Crippen molar-refractivity contribution >= 4 is 36.4 Å². The summed E-state index contributed by atoms with van der Waals surface area (Å²) in [6.07, 6.45) is -25.3. The Morgan fingerprint density at radius 3 is 1.34 bits per heavy atom. The van der Waals surface area contributed by atoms with E-state index in [-0.39, 0.29) is 25.9 Å². The van der Waals surface area contributed by atoms with Gasteiger partial charge in [-0.15, -0.1) is 0 Å². The molecule has 2 saturated heterocycles. The van der Waals surface area contributed by atoms with Crippen LogP contribution < -0.4 is 31.9 Å².